The first-order chi connectivity index (χ1) is 15.3. The lowest BCUT2D eigenvalue weighted by Gasteiger charge is -2.41. The van der Waals surface area contributed by atoms with Gasteiger partial charge in [-0.25, -0.2) is 4.79 Å². The normalized spacial score (nSPS) is 21.2. The number of hydrogen-bond donors (Lipinski definition) is 1. The lowest BCUT2D eigenvalue weighted by atomic mass is 9.93. The fourth-order valence-corrected chi connectivity index (χ4v) is 3.04. The molecule has 13 heteroatoms. The highest BCUT2D eigenvalue weighted by Gasteiger charge is 2.49. The summed E-state index contributed by atoms with van der Waals surface area (Å²) in [6.07, 6.45) is -4.52. The number of carbonyl (C=O) groups excluding carboxylic acids is 6. The second-order valence-corrected chi connectivity index (χ2v) is 6.93. The zero-order valence-corrected chi connectivity index (χ0v) is 19.1. The van der Waals surface area contributed by atoms with Crippen LogP contribution in [0.2, 0.25) is 0 Å². The molecule has 0 aliphatic carbocycles. The number of hydrogen-bond acceptors (Lipinski definition) is 12. The minimum atomic E-state index is -1.52. The molecule has 1 aliphatic rings. The van der Waals surface area contributed by atoms with Gasteiger partial charge in [-0.3, -0.25) is 24.0 Å². The number of carbonyl (C=O) groups is 6. The predicted octanol–water partition coefficient (Wildman–Crippen LogP) is -0.695. The Balaban J connectivity index is 3.58. The summed E-state index contributed by atoms with van der Waals surface area (Å²) in [5.41, 5.74) is 0. The number of ether oxygens (including phenoxy) is 6. The van der Waals surface area contributed by atoms with E-state index in [1.54, 1.807) is 0 Å². The van der Waals surface area contributed by atoms with Crippen molar-refractivity contribution in [1.82, 2.24) is 5.32 Å². The molecule has 0 bridgehead atoms. The van der Waals surface area contributed by atoms with E-state index in [9.17, 15) is 28.8 Å². The van der Waals surface area contributed by atoms with Crippen LogP contribution in [0.4, 0.5) is 0 Å². The molecule has 0 saturated heterocycles. The molecular formula is C20H27NO12. The van der Waals surface area contributed by atoms with Gasteiger partial charge in [0.2, 0.25) is 11.7 Å². The van der Waals surface area contributed by atoms with Crippen LogP contribution in [0, 0.1) is 0 Å². The van der Waals surface area contributed by atoms with Crippen molar-refractivity contribution in [1.29, 1.82) is 0 Å². The van der Waals surface area contributed by atoms with E-state index < -0.39 is 78.6 Å². The molecule has 1 heterocycles. The maximum Gasteiger partial charge on any atom is 0.373 e. The van der Waals surface area contributed by atoms with Crippen LogP contribution in [-0.4, -0.2) is 79.9 Å². The van der Waals surface area contributed by atoms with Crippen LogP contribution in [0.25, 0.3) is 0 Å². The van der Waals surface area contributed by atoms with Crippen LogP contribution in [0.3, 0.4) is 0 Å². The summed E-state index contributed by atoms with van der Waals surface area (Å²) in [5, 5.41) is 2.51. The van der Waals surface area contributed by atoms with E-state index >= 15 is 0 Å². The lowest BCUT2D eigenvalue weighted by molar-refractivity contribution is -0.191. The molecule has 0 aromatic rings. The van der Waals surface area contributed by atoms with Gasteiger partial charge in [0.25, 0.3) is 0 Å². The van der Waals surface area contributed by atoms with E-state index in [1.165, 1.54) is 6.92 Å². The van der Waals surface area contributed by atoms with Crippen molar-refractivity contribution < 1.29 is 57.2 Å². The Morgan fingerprint density at radius 2 is 1.55 bits per heavy atom. The van der Waals surface area contributed by atoms with Gasteiger partial charge in [-0.15, -0.1) is 0 Å². The second kappa shape index (κ2) is 12.4. The van der Waals surface area contributed by atoms with Crippen LogP contribution >= 0.6 is 0 Å². The minimum absolute atomic E-state index is 0.415. The van der Waals surface area contributed by atoms with E-state index in [0.29, 0.717) is 0 Å². The monoisotopic (exact) mass is 473 g/mol. The summed E-state index contributed by atoms with van der Waals surface area (Å²) in [5.74, 6) is -5.07. The largest absolute Gasteiger partial charge is 0.477 e. The van der Waals surface area contributed by atoms with Gasteiger partial charge in [-0.05, 0) is 0 Å². The zero-order valence-electron chi connectivity index (χ0n) is 19.1. The summed E-state index contributed by atoms with van der Waals surface area (Å²) in [4.78, 5) is 70.6. The lowest BCUT2D eigenvalue weighted by Crippen LogP contribution is -2.62. The SMILES string of the molecule is COC(=O)C1=C[C@@H](OC(C)=O)[C@@H](NC(C)=O)C([C@H](OC(C)=O)[C@@H](COC(C)=O)OC(C)=O)O1. The maximum atomic E-state index is 12.2. The third-order valence-corrected chi connectivity index (χ3v) is 4.11. The highest BCUT2D eigenvalue weighted by atomic mass is 16.6. The van der Waals surface area contributed by atoms with Gasteiger partial charge in [-0.2, -0.15) is 0 Å². The van der Waals surface area contributed by atoms with Crippen molar-refractivity contribution >= 4 is 35.8 Å². The molecule has 33 heavy (non-hydrogen) atoms. The van der Waals surface area contributed by atoms with Crippen LogP contribution in [0.5, 0.6) is 0 Å². The second-order valence-electron chi connectivity index (χ2n) is 6.93. The maximum absolute atomic E-state index is 12.2. The van der Waals surface area contributed by atoms with Gasteiger partial charge in [0.05, 0.1) is 7.11 Å². The van der Waals surface area contributed by atoms with Gasteiger partial charge in [0.1, 0.15) is 18.8 Å². The van der Waals surface area contributed by atoms with Gasteiger partial charge >= 0.3 is 29.8 Å². The van der Waals surface area contributed by atoms with E-state index in [1.807, 2.05) is 0 Å². The van der Waals surface area contributed by atoms with Crippen molar-refractivity contribution in [3.8, 4) is 0 Å². The molecule has 0 saturated carbocycles. The highest BCUT2D eigenvalue weighted by molar-refractivity contribution is 5.86. The Hall–Kier alpha value is -3.64. The Morgan fingerprint density at radius 1 is 0.939 bits per heavy atom. The van der Waals surface area contributed by atoms with Crippen LogP contribution in [-0.2, 0) is 57.2 Å². The van der Waals surface area contributed by atoms with Crippen molar-refractivity contribution in [3.63, 3.8) is 0 Å². The summed E-state index contributed by atoms with van der Waals surface area (Å²) in [6.45, 7) is 4.96. The van der Waals surface area contributed by atoms with Gasteiger partial charge in [0.15, 0.2) is 18.3 Å². The molecule has 13 nitrogen and oxygen atoms in total. The molecule has 0 fully saturated rings. The average Bonchev–Trinajstić information content (AvgIpc) is 2.68. The summed E-state index contributed by atoms with van der Waals surface area (Å²) < 4.78 is 30.9. The third-order valence-electron chi connectivity index (χ3n) is 4.11. The topological polar surface area (TPSA) is 170 Å². The Morgan fingerprint density at radius 3 is 2.00 bits per heavy atom. The van der Waals surface area contributed by atoms with E-state index in [-0.39, 0.29) is 0 Å². The molecule has 0 aromatic carbocycles. The van der Waals surface area contributed by atoms with E-state index in [2.05, 4.69) is 10.1 Å². The highest BCUT2D eigenvalue weighted by Crippen LogP contribution is 2.28. The van der Waals surface area contributed by atoms with E-state index in [0.717, 1.165) is 40.9 Å². The molecule has 5 atom stereocenters. The molecule has 1 aliphatic heterocycles. The molecule has 0 spiro atoms. The standard InChI is InChI=1S/C20H27NO12/c1-9(22)21-17-14(30-11(3)24)7-15(20(27)28-6)33-19(17)18(32-13(5)26)16(31-12(4)25)8-29-10(2)23/h7,14,16-19H,8H2,1-6H3,(H,21,22)/t14-,16-,17-,18-,19?/m1/s1. The molecule has 0 radical (unpaired) electrons. The van der Waals surface area contributed by atoms with Gasteiger partial charge in [0, 0.05) is 40.7 Å². The molecule has 0 aromatic heterocycles. The van der Waals surface area contributed by atoms with Crippen molar-refractivity contribution in [3.05, 3.63) is 11.8 Å². The van der Waals surface area contributed by atoms with Gasteiger partial charge in [-0.1, -0.05) is 0 Å². The summed E-state index contributed by atoms with van der Waals surface area (Å²) >= 11 is 0. The third kappa shape index (κ3) is 8.79. The summed E-state index contributed by atoms with van der Waals surface area (Å²) in [6, 6.07) is -1.21. The minimum Gasteiger partial charge on any atom is -0.477 e. The summed E-state index contributed by atoms with van der Waals surface area (Å²) in [7, 11) is 1.08. The fourth-order valence-electron chi connectivity index (χ4n) is 3.04. The molecule has 1 rings (SSSR count). The predicted molar refractivity (Wildman–Crippen MR) is 106 cm³/mol. The molecule has 184 valence electrons. The van der Waals surface area contributed by atoms with Crippen molar-refractivity contribution in [2.24, 2.45) is 0 Å². The molecule has 1 unspecified atom stereocenters. The Labute approximate surface area is 189 Å². The molecule has 1 N–H and O–H groups in total. The average molecular weight is 473 g/mol. The first kappa shape index (κ1) is 27.4. The quantitative estimate of drug-likeness (QED) is 0.331. The Bertz CT molecular complexity index is 820. The fraction of sp³-hybridized carbons (Fsp3) is 0.600. The first-order valence-corrected chi connectivity index (χ1v) is 9.74. The number of amides is 1. The van der Waals surface area contributed by atoms with Crippen molar-refractivity contribution in [2.45, 2.75) is 65.1 Å². The van der Waals surface area contributed by atoms with E-state index in [4.69, 9.17) is 23.7 Å². The zero-order chi connectivity index (χ0) is 25.3. The van der Waals surface area contributed by atoms with Crippen LogP contribution < -0.4 is 5.32 Å². The Kier molecular flexibility index (Phi) is 10.3. The molecule has 1 amide bonds. The van der Waals surface area contributed by atoms with Crippen molar-refractivity contribution in [2.75, 3.05) is 13.7 Å². The number of methoxy groups -OCH3 is 1. The van der Waals surface area contributed by atoms with Gasteiger partial charge < -0.3 is 33.7 Å². The number of rotatable bonds is 9. The molecular weight excluding hydrogens is 446 g/mol. The van der Waals surface area contributed by atoms with Crippen LogP contribution in [0.1, 0.15) is 34.6 Å². The first-order valence-electron chi connectivity index (χ1n) is 9.74. The number of esters is 5. The van der Waals surface area contributed by atoms with Crippen LogP contribution in [0.15, 0.2) is 11.8 Å². The smallest absolute Gasteiger partial charge is 0.373 e. The number of nitrogens with one attached hydrogen (secondary N) is 1.